The molecule has 1 atom stereocenters. The lowest BCUT2D eigenvalue weighted by Gasteiger charge is -2.25. The summed E-state index contributed by atoms with van der Waals surface area (Å²) in [5.41, 5.74) is 4.34. The molecule has 2 heterocycles. The first kappa shape index (κ1) is 26.7. The van der Waals surface area contributed by atoms with Gasteiger partial charge in [-0.2, -0.15) is 5.26 Å². The average Bonchev–Trinajstić information content (AvgIpc) is 3.21. The summed E-state index contributed by atoms with van der Waals surface area (Å²) < 4.78 is 0. The Morgan fingerprint density at radius 2 is 1.86 bits per heavy atom. The van der Waals surface area contributed by atoms with Crippen molar-refractivity contribution in [2.45, 2.75) is 43.9 Å². The number of fused-ring (bicyclic) bond motifs is 1. The second kappa shape index (κ2) is 11.8. The standard InChI is InChI=1S/C27H27N5O2S3/c1-16-7-9-19(10-8-16)29-27(35)30-20-5-4-6-21(13-20)36-17(2)25(34)31-26-23(14-28)22-11-12-32(18(3)33)15-24(22)37-26/h4-10,13,17H,11-12,15H2,1-3H3,(H,31,34)(H2,29,30,35). The van der Waals surface area contributed by atoms with E-state index in [0.717, 1.165) is 26.7 Å². The Hall–Kier alpha value is -3.39. The van der Waals surface area contributed by atoms with Crippen LogP contribution in [0.15, 0.2) is 53.4 Å². The Morgan fingerprint density at radius 1 is 1.14 bits per heavy atom. The summed E-state index contributed by atoms with van der Waals surface area (Å²) in [6, 6.07) is 17.9. The van der Waals surface area contributed by atoms with Gasteiger partial charge in [0.05, 0.1) is 17.4 Å². The van der Waals surface area contributed by atoms with Crippen LogP contribution in [-0.2, 0) is 22.6 Å². The van der Waals surface area contributed by atoms with Gasteiger partial charge in [0, 0.05) is 34.6 Å². The van der Waals surface area contributed by atoms with Crippen LogP contribution in [0.4, 0.5) is 16.4 Å². The normalized spacial score (nSPS) is 13.2. The third kappa shape index (κ3) is 6.68. The molecule has 1 aliphatic rings. The van der Waals surface area contributed by atoms with E-state index in [2.05, 4.69) is 22.0 Å². The average molecular weight is 550 g/mol. The number of thioether (sulfide) groups is 1. The van der Waals surface area contributed by atoms with Crippen molar-refractivity contribution in [2.75, 3.05) is 22.5 Å². The molecule has 0 bridgehead atoms. The first-order valence-corrected chi connectivity index (χ1v) is 13.9. The number of nitrogens with zero attached hydrogens (tertiary/aromatic N) is 2. The molecule has 1 unspecified atom stereocenters. The Labute approximate surface area is 230 Å². The summed E-state index contributed by atoms with van der Waals surface area (Å²) >= 11 is 8.24. The molecule has 190 valence electrons. The van der Waals surface area contributed by atoms with Crippen molar-refractivity contribution in [3.8, 4) is 6.07 Å². The summed E-state index contributed by atoms with van der Waals surface area (Å²) in [7, 11) is 0. The number of hydrogen-bond acceptors (Lipinski definition) is 6. The minimum absolute atomic E-state index is 0.0107. The summed E-state index contributed by atoms with van der Waals surface area (Å²) in [5.74, 6) is -0.171. The molecule has 0 saturated carbocycles. The lowest BCUT2D eigenvalue weighted by atomic mass is 10.0. The van der Waals surface area contributed by atoms with Crippen LogP contribution < -0.4 is 16.0 Å². The van der Waals surface area contributed by atoms with Crippen LogP contribution in [-0.4, -0.2) is 33.6 Å². The van der Waals surface area contributed by atoms with Gasteiger partial charge in [-0.1, -0.05) is 23.8 Å². The lowest BCUT2D eigenvalue weighted by molar-refractivity contribution is -0.129. The molecule has 10 heteroatoms. The largest absolute Gasteiger partial charge is 0.337 e. The Morgan fingerprint density at radius 3 is 2.57 bits per heavy atom. The predicted octanol–water partition coefficient (Wildman–Crippen LogP) is 5.76. The number of aryl methyl sites for hydroxylation is 1. The fourth-order valence-corrected chi connectivity index (χ4v) is 6.31. The number of thiophene rings is 1. The van der Waals surface area contributed by atoms with Crippen LogP contribution in [0.2, 0.25) is 0 Å². The molecule has 3 aromatic rings. The summed E-state index contributed by atoms with van der Waals surface area (Å²) in [6.07, 6.45) is 0.620. The minimum atomic E-state index is -0.396. The molecular formula is C27H27N5O2S3. The van der Waals surface area contributed by atoms with Gasteiger partial charge in [-0.05, 0) is 68.4 Å². The van der Waals surface area contributed by atoms with E-state index in [1.54, 1.807) is 11.8 Å². The van der Waals surface area contributed by atoms with Gasteiger partial charge in [0.2, 0.25) is 11.8 Å². The van der Waals surface area contributed by atoms with Crippen LogP contribution in [0, 0.1) is 18.3 Å². The van der Waals surface area contributed by atoms with E-state index >= 15 is 0 Å². The fourth-order valence-electron chi connectivity index (χ4n) is 3.93. The molecule has 2 aromatic carbocycles. The number of thiocarbonyl (C=S) groups is 1. The van der Waals surface area contributed by atoms with Crippen LogP contribution in [0.1, 0.15) is 35.4 Å². The number of amides is 2. The third-order valence-electron chi connectivity index (χ3n) is 5.93. The van der Waals surface area contributed by atoms with Gasteiger partial charge in [-0.25, -0.2) is 0 Å². The number of carbonyl (C=O) groups is 2. The smallest absolute Gasteiger partial charge is 0.238 e. The number of rotatable bonds is 6. The topological polar surface area (TPSA) is 97.3 Å². The molecule has 1 aromatic heterocycles. The summed E-state index contributed by atoms with van der Waals surface area (Å²) in [4.78, 5) is 28.4. The molecule has 2 amide bonds. The van der Waals surface area contributed by atoms with E-state index in [9.17, 15) is 14.9 Å². The zero-order chi connectivity index (χ0) is 26.5. The van der Waals surface area contributed by atoms with Gasteiger partial charge in [0.25, 0.3) is 0 Å². The first-order chi connectivity index (χ1) is 17.7. The molecule has 4 rings (SSSR count). The molecule has 37 heavy (non-hydrogen) atoms. The highest BCUT2D eigenvalue weighted by atomic mass is 32.2. The van der Waals surface area contributed by atoms with Gasteiger partial charge in [0.1, 0.15) is 11.1 Å². The highest BCUT2D eigenvalue weighted by molar-refractivity contribution is 8.00. The van der Waals surface area contributed by atoms with E-state index in [1.165, 1.54) is 28.7 Å². The molecule has 3 N–H and O–H groups in total. The van der Waals surface area contributed by atoms with Crippen molar-refractivity contribution in [1.29, 1.82) is 5.26 Å². The Kier molecular flexibility index (Phi) is 8.48. The van der Waals surface area contributed by atoms with Crippen LogP contribution in [0.25, 0.3) is 0 Å². The molecule has 0 aliphatic carbocycles. The monoisotopic (exact) mass is 549 g/mol. The maximum atomic E-state index is 13.0. The van der Waals surface area contributed by atoms with Crippen molar-refractivity contribution in [3.63, 3.8) is 0 Å². The number of carbonyl (C=O) groups excluding carboxylic acids is 2. The van der Waals surface area contributed by atoms with Gasteiger partial charge in [0.15, 0.2) is 5.11 Å². The maximum Gasteiger partial charge on any atom is 0.238 e. The highest BCUT2D eigenvalue weighted by Crippen LogP contribution is 2.37. The number of hydrogen-bond donors (Lipinski definition) is 3. The Balaban J connectivity index is 1.37. The van der Waals surface area contributed by atoms with Crippen molar-refractivity contribution >= 4 is 68.6 Å². The second-order valence-corrected chi connectivity index (χ2v) is 11.7. The summed E-state index contributed by atoms with van der Waals surface area (Å²) in [6.45, 7) is 6.47. The number of benzene rings is 2. The minimum Gasteiger partial charge on any atom is -0.337 e. The van der Waals surface area contributed by atoms with Gasteiger partial charge < -0.3 is 20.9 Å². The van der Waals surface area contributed by atoms with E-state index in [1.807, 2.05) is 62.4 Å². The van der Waals surface area contributed by atoms with Crippen molar-refractivity contribution in [1.82, 2.24) is 4.90 Å². The first-order valence-electron chi connectivity index (χ1n) is 11.8. The van der Waals surface area contributed by atoms with Crippen LogP contribution >= 0.6 is 35.3 Å². The van der Waals surface area contributed by atoms with Gasteiger partial charge in [-0.3, -0.25) is 9.59 Å². The quantitative estimate of drug-likeness (QED) is 0.266. The fraction of sp³-hybridized carbons (Fsp3) is 0.259. The van der Waals surface area contributed by atoms with Gasteiger partial charge >= 0.3 is 0 Å². The van der Waals surface area contributed by atoms with Crippen LogP contribution in [0.5, 0.6) is 0 Å². The zero-order valence-electron chi connectivity index (χ0n) is 20.8. The lowest BCUT2D eigenvalue weighted by Crippen LogP contribution is -2.33. The SMILES string of the molecule is CC(=O)N1CCc2c(sc(NC(=O)C(C)Sc3cccc(NC(=S)Nc4ccc(C)cc4)c3)c2C#N)C1. The number of nitriles is 1. The van der Waals surface area contributed by atoms with Crippen molar-refractivity contribution < 1.29 is 9.59 Å². The van der Waals surface area contributed by atoms with Crippen molar-refractivity contribution in [2.24, 2.45) is 0 Å². The molecule has 0 radical (unpaired) electrons. The van der Waals surface area contributed by atoms with Crippen molar-refractivity contribution in [3.05, 3.63) is 70.1 Å². The Bertz CT molecular complexity index is 1380. The third-order valence-corrected chi connectivity index (χ3v) is 8.36. The van der Waals surface area contributed by atoms with E-state index in [0.29, 0.717) is 35.2 Å². The van der Waals surface area contributed by atoms with E-state index in [4.69, 9.17) is 12.2 Å². The van der Waals surface area contributed by atoms with E-state index < -0.39 is 5.25 Å². The molecule has 0 saturated heterocycles. The number of nitrogens with one attached hydrogen (secondary N) is 3. The summed E-state index contributed by atoms with van der Waals surface area (Å²) in [5, 5.41) is 19.7. The second-order valence-electron chi connectivity index (χ2n) is 8.73. The maximum absolute atomic E-state index is 13.0. The zero-order valence-corrected chi connectivity index (χ0v) is 23.2. The predicted molar refractivity (Wildman–Crippen MR) is 155 cm³/mol. The molecular weight excluding hydrogens is 523 g/mol. The molecule has 7 nitrogen and oxygen atoms in total. The molecule has 1 aliphatic heterocycles. The highest BCUT2D eigenvalue weighted by Gasteiger charge is 2.27. The van der Waals surface area contributed by atoms with Crippen LogP contribution in [0.3, 0.4) is 0 Å². The molecule has 0 spiro atoms. The number of anilines is 3. The van der Waals surface area contributed by atoms with E-state index in [-0.39, 0.29) is 11.8 Å². The van der Waals surface area contributed by atoms with Gasteiger partial charge in [-0.15, -0.1) is 23.1 Å². The molecule has 0 fully saturated rings.